The van der Waals surface area contributed by atoms with Crippen molar-refractivity contribution in [2.45, 2.75) is 33.7 Å². The minimum atomic E-state index is 0.135. The van der Waals surface area contributed by atoms with E-state index in [1.54, 1.807) is 14.2 Å². The summed E-state index contributed by atoms with van der Waals surface area (Å²) in [4.78, 5) is 0. The summed E-state index contributed by atoms with van der Waals surface area (Å²) in [5, 5.41) is 7.27. The van der Waals surface area contributed by atoms with E-state index < -0.39 is 0 Å². The molecule has 2 rings (SSSR count). The summed E-state index contributed by atoms with van der Waals surface area (Å²) in [5.74, 6) is 1.74. The average molecular weight is 373 g/mol. The molecule has 0 saturated heterocycles. The molecule has 0 aliphatic rings. The first-order valence-electron chi connectivity index (χ1n) is 8.72. The highest BCUT2D eigenvalue weighted by molar-refractivity contribution is 7.80. The van der Waals surface area contributed by atoms with Gasteiger partial charge < -0.3 is 20.1 Å². The average Bonchev–Trinajstić information content (AvgIpc) is 2.60. The minimum absolute atomic E-state index is 0.135. The fourth-order valence-electron chi connectivity index (χ4n) is 3.00. The van der Waals surface area contributed by atoms with Gasteiger partial charge in [-0.3, -0.25) is 0 Å². The Bertz CT molecular complexity index is 775. The monoisotopic (exact) mass is 372 g/mol. The molecule has 5 heteroatoms. The van der Waals surface area contributed by atoms with Crippen molar-refractivity contribution in [1.82, 2.24) is 5.32 Å². The number of nitrogens with one attached hydrogen (secondary N) is 2. The van der Waals surface area contributed by atoms with Gasteiger partial charge in [0.1, 0.15) is 0 Å². The van der Waals surface area contributed by atoms with Crippen LogP contribution >= 0.6 is 12.2 Å². The number of rotatable bonds is 6. The molecule has 0 saturated carbocycles. The molecule has 0 aromatic heterocycles. The van der Waals surface area contributed by atoms with E-state index in [1.807, 2.05) is 18.2 Å². The molecule has 0 fully saturated rings. The maximum absolute atomic E-state index is 5.55. The number of aryl methyl sites for hydroxylation is 2. The second-order valence-corrected chi connectivity index (χ2v) is 7.16. The molecule has 4 nitrogen and oxygen atoms in total. The van der Waals surface area contributed by atoms with Crippen molar-refractivity contribution < 1.29 is 9.47 Å². The highest BCUT2D eigenvalue weighted by atomic mass is 32.1. The molecule has 0 aliphatic carbocycles. The van der Waals surface area contributed by atoms with Gasteiger partial charge in [0.25, 0.3) is 0 Å². The van der Waals surface area contributed by atoms with Crippen molar-refractivity contribution in [2.24, 2.45) is 5.92 Å². The zero-order chi connectivity index (χ0) is 19.3. The molecular formula is C21H28N2O2S. The van der Waals surface area contributed by atoms with Gasteiger partial charge in [0.2, 0.25) is 0 Å². The number of methoxy groups -OCH3 is 2. The van der Waals surface area contributed by atoms with Gasteiger partial charge in [0, 0.05) is 11.8 Å². The maximum atomic E-state index is 5.55. The van der Waals surface area contributed by atoms with Crippen LogP contribution in [-0.2, 0) is 0 Å². The zero-order valence-corrected chi connectivity index (χ0v) is 17.2. The van der Waals surface area contributed by atoms with Gasteiger partial charge in [-0.15, -0.1) is 0 Å². The van der Waals surface area contributed by atoms with Crippen LogP contribution in [0.1, 0.15) is 36.6 Å². The first-order valence-corrected chi connectivity index (χ1v) is 9.13. The van der Waals surface area contributed by atoms with Crippen molar-refractivity contribution >= 4 is 23.0 Å². The van der Waals surface area contributed by atoms with E-state index >= 15 is 0 Å². The van der Waals surface area contributed by atoms with Crippen LogP contribution in [0.3, 0.4) is 0 Å². The third-order valence-electron chi connectivity index (χ3n) is 4.36. The van der Waals surface area contributed by atoms with Crippen LogP contribution in [0.15, 0.2) is 36.4 Å². The minimum Gasteiger partial charge on any atom is -0.493 e. The largest absolute Gasteiger partial charge is 0.493 e. The van der Waals surface area contributed by atoms with E-state index in [0.29, 0.717) is 22.5 Å². The molecule has 2 N–H and O–H groups in total. The SMILES string of the molecule is COc1ccc(NC(=S)NC(c2ccc(C)cc2C)C(C)C)cc1OC. The van der Waals surface area contributed by atoms with Crippen LogP contribution in [0.2, 0.25) is 0 Å². The van der Waals surface area contributed by atoms with E-state index in [-0.39, 0.29) is 6.04 Å². The number of hydrogen-bond donors (Lipinski definition) is 2. The third-order valence-corrected chi connectivity index (χ3v) is 4.57. The van der Waals surface area contributed by atoms with Gasteiger partial charge >= 0.3 is 0 Å². The summed E-state index contributed by atoms with van der Waals surface area (Å²) in [6.07, 6.45) is 0. The fourth-order valence-corrected chi connectivity index (χ4v) is 3.25. The molecule has 0 spiro atoms. The zero-order valence-electron chi connectivity index (χ0n) is 16.3. The number of hydrogen-bond acceptors (Lipinski definition) is 3. The molecule has 0 radical (unpaired) electrons. The molecule has 1 atom stereocenters. The highest BCUT2D eigenvalue weighted by Gasteiger charge is 2.19. The van der Waals surface area contributed by atoms with Crippen LogP contribution in [0, 0.1) is 19.8 Å². The highest BCUT2D eigenvalue weighted by Crippen LogP contribution is 2.30. The Morgan fingerprint density at radius 3 is 2.23 bits per heavy atom. The van der Waals surface area contributed by atoms with Crippen molar-refractivity contribution in [3.05, 3.63) is 53.1 Å². The molecule has 0 heterocycles. The number of ether oxygens (including phenoxy) is 2. The van der Waals surface area contributed by atoms with Gasteiger partial charge in [-0.1, -0.05) is 37.6 Å². The quantitative estimate of drug-likeness (QED) is 0.698. The molecule has 140 valence electrons. The van der Waals surface area contributed by atoms with Crippen molar-refractivity contribution in [3.8, 4) is 11.5 Å². The van der Waals surface area contributed by atoms with Crippen LogP contribution < -0.4 is 20.1 Å². The standard InChI is InChI=1S/C21H28N2O2S/c1-13(2)20(17-9-7-14(3)11-15(17)4)23-21(26)22-16-8-10-18(24-5)19(12-16)25-6/h7-13,20H,1-6H3,(H2,22,23,26). The number of benzene rings is 2. The van der Waals surface area contributed by atoms with Gasteiger partial charge in [0.05, 0.1) is 20.3 Å². The van der Waals surface area contributed by atoms with Crippen LogP contribution in [0.25, 0.3) is 0 Å². The Morgan fingerprint density at radius 1 is 0.962 bits per heavy atom. The number of anilines is 1. The number of thiocarbonyl (C=S) groups is 1. The Labute approximate surface area is 161 Å². The fraction of sp³-hybridized carbons (Fsp3) is 0.381. The summed E-state index contributed by atoms with van der Waals surface area (Å²) < 4.78 is 10.6. The first kappa shape index (κ1) is 20.0. The molecule has 2 aromatic carbocycles. The maximum Gasteiger partial charge on any atom is 0.171 e. The second kappa shape index (κ2) is 8.90. The molecular weight excluding hydrogens is 344 g/mol. The summed E-state index contributed by atoms with van der Waals surface area (Å²) in [6.45, 7) is 8.63. The molecule has 1 unspecified atom stereocenters. The lowest BCUT2D eigenvalue weighted by Crippen LogP contribution is -2.35. The summed E-state index contributed by atoms with van der Waals surface area (Å²) in [5.41, 5.74) is 4.65. The molecule has 26 heavy (non-hydrogen) atoms. The lowest BCUT2D eigenvalue weighted by Gasteiger charge is -2.26. The van der Waals surface area contributed by atoms with Crippen LogP contribution in [0.5, 0.6) is 11.5 Å². The summed E-state index contributed by atoms with van der Waals surface area (Å²) in [6, 6.07) is 12.3. The lowest BCUT2D eigenvalue weighted by molar-refractivity contribution is 0.355. The summed E-state index contributed by atoms with van der Waals surface area (Å²) in [7, 11) is 3.24. The van der Waals surface area contributed by atoms with Gasteiger partial charge in [-0.2, -0.15) is 0 Å². The third kappa shape index (κ3) is 4.88. The topological polar surface area (TPSA) is 42.5 Å². The van der Waals surface area contributed by atoms with Crippen LogP contribution in [-0.4, -0.2) is 19.3 Å². The normalized spacial score (nSPS) is 11.8. The second-order valence-electron chi connectivity index (χ2n) is 6.75. The van der Waals surface area contributed by atoms with Crippen molar-refractivity contribution in [2.75, 3.05) is 19.5 Å². The van der Waals surface area contributed by atoms with E-state index in [0.717, 1.165) is 5.69 Å². The van der Waals surface area contributed by atoms with E-state index in [9.17, 15) is 0 Å². The van der Waals surface area contributed by atoms with E-state index in [1.165, 1.54) is 16.7 Å². The molecule has 0 bridgehead atoms. The molecule has 0 amide bonds. The smallest absolute Gasteiger partial charge is 0.171 e. The van der Waals surface area contributed by atoms with Gasteiger partial charge in [-0.05, 0) is 55.2 Å². The summed E-state index contributed by atoms with van der Waals surface area (Å²) >= 11 is 5.55. The van der Waals surface area contributed by atoms with Crippen molar-refractivity contribution in [3.63, 3.8) is 0 Å². The Kier molecular flexibility index (Phi) is 6.86. The lowest BCUT2D eigenvalue weighted by atomic mass is 9.92. The Morgan fingerprint density at radius 2 is 1.65 bits per heavy atom. The van der Waals surface area contributed by atoms with Crippen LogP contribution in [0.4, 0.5) is 5.69 Å². The predicted octanol–water partition coefficient (Wildman–Crippen LogP) is 5.00. The van der Waals surface area contributed by atoms with E-state index in [4.69, 9.17) is 21.7 Å². The van der Waals surface area contributed by atoms with E-state index in [2.05, 4.69) is 56.5 Å². The molecule has 0 aliphatic heterocycles. The van der Waals surface area contributed by atoms with Crippen molar-refractivity contribution in [1.29, 1.82) is 0 Å². The predicted molar refractivity (Wildman–Crippen MR) is 112 cm³/mol. The Balaban J connectivity index is 2.15. The van der Waals surface area contributed by atoms with Gasteiger partial charge in [0.15, 0.2) is 16.6 Å². The Hall–Kier alpha value is -2.27. The van der Waals surface area contributed by atoms with Gasteiger partial charge in [-0.25, -0.2) is 0 Å². The first-order chi connectivity index (χ1) is 12.3. The molecule has 2 aromatic rings.